The van der Waals surface area contributed by atoms with Gasteiger partial charge in [-0.05, 0) is 23.8 Å². The Morgan fingerprint density at radius 1 is 1.20 bits per heavy atom. The summed E-state index contributed by atoms with van der Waals surface area (Å²) in [5, 5.41) is 7.99. The number of hydrogen-bond donors (Lipinski definition) is 2. The van der Waals surface area contributed by atoms with Gasteiger partial charge in [0.2, 0.25) is 5.88 Å². The Hall–Kier alpha value is -2.10. The van der Waals surface area contributed by atoms with Crippen molar-refractivity contribution in [3.8, 4) is 17.3 Å². The van der Waals surface area contributed by atoms with Gasteiger partial charge in [0.25, 0.3) is 0 Å². The first-order valence-corrected chi connectivity index (χ1v) is 9.78. The summed E-state index contributed by atoms with van der Waals surface area (Å²) in [6.07, 6.45) is 1.38. The molecule has 1 aromatic carbocycles. The first-order valence-electron chi connectivity index (χ1n) is 9.02. The lowest BCUT2D eigenvalue weighted by Crippen LogP contribution is -2.29. The van der Waals surface area contributed by atoms with Crippen LogP contribution in [0.15, 0.2) is 45.8 Å². The van der Waals surface area contributed by atoms with E-state index in [0.29, 0.717) is 40.5 Å². The maximum Gasteiger partial charge on any atom is 0.439 e. The molecule has 2 aromatic heterocycles. The molecule has 0 amide bonds. The van der Waals surface area contributed by atoms with Crippen molar-refractivity contribution >= 4 is 35.6 Å². The van der Waals surface area contributed by atoms with Crippen molar-refractivity contribution in [3.05, 3.63) is 62.7 Å². The molecular weight excluding hydrogens is 455 g/mol. The molecule has 0 spiro atoms. The maximum atomic E-state index is 11.1. The molecule has 4 rings (SSSR count). The standard InChI is InChI=1S/C19H18Cl2N4O4.ClH/c20-14-3-1-11(7-15(14)21)17-13(8-22-5-6-27-17)10-28-16-4-2-12(9-23-16)18-24-19(26)29-25-18;/h1-4,7,9,13,17,22H,5-6,8,10H2,(H,24,25,26);1H/t13-,17-;/m0./s1. The van der Waals surface area contributed by atoms with Crippen LogP contribution < -0.4 is 15.8 Å². The van der Waals surface area contributed by atoms with E-state index in [-0.39, 0.29) is 24.4 Å². The SMILES string of the molecule is Cl.O=c1[nH]c(-c2ccc(OC[C@@H]3CNCCO[C@H]3c3ccc(Cl)c(Cl)c3)nc2)no1. The molecule has 0 aliphatic carbocycles. The number of pyridine rings is 1. The first-order chi connectivity index (χ1) is 14.1. The summed E-state index contributed by atoms with van der Waals surface area (Å²) in [4.78, 5) is 17.8. The van der Waals surface area contributed by atoms with Gasteiger partial charge in [0, 0.05) is 36.8 Å². The van der Waals surface area contributed by atoms with Crippen LogP contribution in [0.25, 0.3) is 11.4 Å². The minimum absolute atomic E-state index is 0. The molecule has 160 valence electrons. The largest absolute Gasteiger partial charge is 0.477 e. The lowest BCUT2D eigenvalue weighted by atomic mass is 9.96. The summed E-state index contributed by atoms with van der Waals surface area (Å²) in [5.74, 6) is 0.199. The third kappa shape index (κ3) is 5.33. The van der Waals surface area contributed by atoms with Gasteiger partial charge in [-0.3, -0.25) is 9.51 Å². The molecule has 8 nitrogen and oxygen atoms in total. The van der Waals surface area contributed by atoms with Gasteiger partial charge in [-0.15, -0.1) is 12.4 Å². The van der Waals surface area contributed by atoms with Crippen LogP contribution in [0.4, 0.5) is 0 Å². The number of aromatic nitrogens is 3. The minimum atomic E-state index is -0.616. The summed E-state index contributed by atoms with van der Waals surface area (Å²) >= 11 is 12.2. The molecule has 3 heterocycles. The number of nitrogens with one attached hydrogen (secondary N) is 2. The molecule has 1 fully saturated rings. The second-order valence-corrected chi connectivity index (χ2v) is 7.38. The third-order valence-electron chi connectivity index (χ3n) is 4.58. The predicted octanol–water partition coefficient (Wildman–Crippen LogP) is 3.51. The molecule has 0 unspecified atom stereocenters. The van der Waals surface area contributed by atoms with Gasteiger partial charge in [-0.2, -0.15) is 0 Å². The fourth-order valence-electron chi connectivity index (χ4n) is 3.15. The van der Waals surface area contributed by atoms with Crippen LogP contribution in [-0.2, 0) is 4.74 Å². The molecule has 0 bridgehead atoms. The van der Waals surface area contributed by atoms with E-state index in [0.717, 1.165) is 18.7 Å². The van der Waals surface area contributed by atoms with Crippen LogP contribution in [0.2, 0.25) is 10.0 Å². The Bertz CT molecular complexity index is 1030. The second-order valence-electron chi connectivity index (χ2n) is 6.57. The highest BCUT2D eigenvalue weighted by Gasteiger charge is 2.27. The van der Waals surface area contributed by atoms with Gasteiger partial charge in [0.05, 0.1) is 29.4 Å². The molecule has 1 saturated heterocycles. The van der Waals surface area contributed by atoms with Crippen LogP contribution in [0.3, 0.4) is 0 Å². The van der Waals surface area contributed by atoms with E-state index in [2.05, 4.69) is 25.0 Å². The summed E-state index contributed by atoms with van der Waals surface area (Å²) in [5.41, 5.74) is 1.58. The molecule has 2 atom stereocenters. The first kappa shape index (κ1) is 22.6. The van der Waals surface area contributed by atoms with Gasteiger partial charge in [0.1, 0.15) is 0 Å². The molecule has 3 aromatic rings. The zero-order valence-corrected chi connectivity index (χ0v) is 18.0. The van der Waals surface area contributed by atoms with E-state index < -0.39 is 5.76 Å². The second kappa shape index (κ2) is 10.3. The number of benzene rings is 1. The van der Waals surface area contributed by atoms with Crippen molar-refractivity contribution in [1.82, 2.24) is 20.4 Å². The molecule has 0 radical (unpaired) electrons. The number of hydrogen-bond acceptors (Lipinski definition) is 7. The van der Waals surface area contributed by atoms with Gasteiger partial charge in [0.15, 0.2) is 5.82 Å². The number of H-pyrrole nitrogens is 1. The highest BCUT2D eigenvalue weighted by atomic mass is 35.5. The van der Waals surface area contributed by atoms with Gasteiger partial charge >= 0.3 is 5.76 Å². The lowest BCUT2D eigenvalue weighted by molar-refractivity contribution is 0.0147. The Balaban J connectivity index is 0.00000256. The van der Waals surface area contributed by atoms with Crippen molar-refractivity contribution in [2.75, 3.05) is 26.3 Å². The van der Waals surface area contributed by atoms with E-state index in [4.69, 9.17) is 32.7 Å². The van der Waals surface area contributed by atoms with Crippen molar-refractivity contribution in [3.63, 3.8) is 0 Å². The zero-order chi connectivity index (χ0) is 20.2. The average molecular weight is 474 g/mol. The topological polar surface area (TPSA) is 102 Å². The molecule has 11 heteroatoms. The van der Waals surface area contributed by atoms with Crippen LogP contribution in [0.5, 0.6) is 5.88 Å². The average Bonchev–Trinajstić information content (AvgIpc) is 3.02. The number of rotatable bonds is 5. The van der Waals surface area contributed by atoms with Crippen molar-refractivity contribution < 1.29 is 14.0 Å². The third-order valence-corrected chi connectivity index (χ3v) is 5.32. The molecule has 2 N–H and O–H groups in total. The molecule has 1 aliphatic rings. The Labute approximate surface area is 188 Å². The number of aromatic amines is 1. The molecule has 1 aliphatic heterocycles. The molecular formula is C19H19Cl3N4O4. The Morgan fingerprint density at radius 3 is 2.77 bits per heavy atom. The Morgan fingerprint density at radius 2 is 2.07 bits per heavy atom. The maximum absolute atomic E-state index is 11.1. The number of ether oxygens (including phenoxy) is 2. The fraction of sp³-hybridized carbons (Fsp3) is 0.316. The lowest BCUT2D eigenvalue weighted by Gasteiger charge is -2.25. The highest BCUT2D eigenvalue weighted by Crippen LogP contribution is 2.32. The summed E-state index contributed by atoms with van der Waals surface area (Å²) < 4.78 is 16.4. The van der Waals surface area contributed by atoms with Gasteiger partial charge < -0.3 is 14.8 Å². The number of nitrogens with zero attached hydrogens (tertiary/aromatic N) is 2. The zero-order valence-electron chi connectivity index (χ0n) is 15.6. The van der Waals surface area contributed by atoms with Crippen molar-refractivity contribution in [2.45, 2.75) is 6.10 Å². The van der Waals surface area contributed by atoms with Crippen LogP contribution in [0, 0.1) is 5.92 Å². The van der Waals surface area contributed by atoms with Crippen LogP contribution >= 0.6 is 35.6 Å². The number of halogens is 3. The highest BCUT2D eigenvalue weighted by molar-refractivity contribution is 6.42. The van der Waals surface area contributed by atoms with E-state index in [9.17, 15) is 4.79 Å². The monoisotopic (exact) mass is 472 g/mol. The smallest absolute Gasteiger partial charge is 0.439 e. The quantitative estimate of drug-likeness (QED) is 0.584. The van der Waals surface area contributed by atoms with E-state index >= 15 is 0 Å². The van der Waals surface area contributed by atoms with Gasteiger partial charge in [-0.1, -0.05) is 34.4 Å². The molecule has 0 saturated carbocycles. The van der Waals surface area contributed by atoms with E-state index in [1.807, 2.05) is 12.1 Å². The van der Waals surface area contributed by atoms with Crippen molar-refractivity contribution in [2.24, 2.45) is 5.92 Å². The van der Waals surface area contributed by atoms with E-state index in [1.165, 1.54) is 0 Å². The summed E-state index contributed by atoms with van der Waals surface area (Å²) in [6, 6.07) is 8.98. The van der Waals surface area contributed by atoms with E-state index in [1.54, 1.807) is 24.4 Å². The summed E-state index contributed by atoms with van der Waals surface area (Å²) in [6.45, 7) is 2.47. The predicted molar refractivity (Wildman–Crippen MR) is 115 cm³/mol. The minimum Gasteiger partial charge on any atom is -0.477 e. The van der Waals surface area contributed by atoms with Crippen LogP contribution in [0.1, 0.15) is 11.7 Å². The Kier molecular flexibility index (Phi) is 7.74. The van der Waals surface area contributed by atoms with Gasteiger partial charge in [-0.25, -0.2) is 9.78 Å². The fourth-order valence-corrected chi connectivity index (χ4v) is 3.45. The normalized spacial score (nSPS) is 19.0. The van der Waals surface area contributed by atoms with Crippen molar-refractivity contribution in [1.29, 1.82) is 0 Å². The molecule has 30 heavy (non-hydrogen) atoms. The summed E-state index contributed by atoms with van der Waals surface area (Å²) in [7, 11) is 0. The van der Waals surface area contributed by atoms with Crippen LogP contribution in [-0.4, -0.2) is 41.4 Å².